The molecular formula is C15H19N5O2S2. The molecule has 128 valence electrons. The number of nitrogens with zero attached hydrogens (tertiary/aromatic N) is 4. The molecule has 2 saturated heterocycles. The third kappa shape index (κ3) is 3.03. The van der Waals surface area contributed by atoms with Gasteiger partial charge >= 0.3 is 0 Å². The lowest BCUT2D eigenvalue weighted by Gasteiger charge is -2.18. The molecule has 24 heavy (non-hydrogen) atoms. The van der Waals surface area contributed by atoms with Gasteiger partial charge in [0.1, 0.15) is 10.7 Å². The van der Waals surface area contributed by atoms with Gasteiger partial charge < -0.3 is 15.0 Å². The molecule has 9 heteroatoms. The van der Waals surface area contributed by atoms with Crippen LogP contribution in [-0.2, 0) is 4.74 Å². The minimum absolute atomic E-state index is 0.0996. The van der Waals surface area contributed by atoms with E-state index in [-0.39, 0.29) is 12.0 Å². The van der Waals surface area contributed by atoms with Gasteiger partial charge in [0.25, 0.3) is 5.91 Å². The van der Waals surface area contributed by atoms with Gasteiger partial charge in [-0.25, -0.2) is 4.98 Å². The lowest BCUT2D eigenvalue weighted by atomic mass is 9.93. The highest BCUT2D eigenvalue weighted by Gasteiger charge is 2.44. The summed E-state index contributed by atoms with van der Waals surface area (Å²) in [4.78, 5) is 18.6. The average molecular weight is 365 g/mol. The summed E-state index contributed by atoms with van der Waals surface area (Å²) in [6.45, 7) is 6.96. The Morgan fingerprint density at radius 3 is 2.96 bits per heavy atom. The maximum absolute atomic E-state index is 12.2. The van der Waals surface area contributed by atoms with Gasteiger partial charge in [-0.05, 0) is 13.8 Å². The molecule has 1 amide bonds. The van der Waals surface area contributed by atoms with Gasteiger partial charge in [0.05, 0.1) is 17.7 Å². The number of fused-ring (bicyclic) bond motifs is 1. The molecule has 2 aromatic heterocycles. The van der Waals surface area contributed by atoms with Crippen LogP contribution < -0.4 is 10.2 Å². The van der Waals surface area contributed by atoms with Crippen molar-refractivity contribution in [3.05, 3.63) is 21.1 Å². The summed E-state index contributed by atoms with van der Waals surface area (Å²) in [7, 11) is 0. The van der Waals surface area contributed by atoms with Crippen LogP contribution in [0.3, 0.4) is 0 Å². The predicted octanol–water partition coefficient (Wildman–Crippen LogP) is 1.49. The predicted molar refractivity (Wildman–Crippen MR) is 92.8 cm³/mol. The van der Waals surface area contributed by atoms with E-state index in [0.717, 1.165) is 28.2 Å². The van der Waals surface area contributed by atoms with Crippen molar-refractivity contribution in [3.8, 4) is 0 Å². The molecule has 0 unspecified atom stereocenters. The van der Waals surface area contributed by atoms with Crippen LogP contribution in [0.15, 0.2) is 5.38 Å². The number of nitrogens with one attached hydrogen (secondary N) is 1. The van der Waals surface area contributed by atoms with Crippen molar-refractivity contribution in [2.75, 3.05) is 31.1 Å². The fourth-order valence-corrected chi connectivity index (χ4v) is 4.66. The molecule has 1 N–H and O–H groups in total. The normalized spacial score (nSPS) is 25.9. The second-order valence-corrected chi connectivity index (χ2v) is 8.49. The zero-order chi connectivity index (χ0) is 16.7. The summed E-state index contributed by atoms with van der Waals surface area (Å²) in [5.41, 5.74) is 0.505. The van der Waals surface area contributed by atoms with Crippen LogP contribution in [0, 0.1) is 25.7 Å². The van der Waals surface area contributed by atoms with E-state index >= 15 is 0 Å². The van der Waals surface area contributed by atoms with E-state index in [2.05, 4.69) is 25.4 Å². The second kappa shape index (κ2) is 6.38. The van der Waals surface area contributed by atoms with E-state index < -0.39 is 0 Å². The fourth-order valence-electron chi connectivity index (χ4n) is 3.36. The standard InChI is InChI=1S/C15H19N5O2S2/c1-8-17-12(7-23-8)14(21)16-3-10-6-22-13-5-20(4-11(10)13)15-19-18-9(2)24-15/h7,10-11,13H,3-6H2,1-2H3,(H,16,21)/t10-,11+,13+/m0/s1. The number of ether oxygens (including phenoxy) is 1. The van der Waals surface area contributed by atoms with E-state index in [0.29, 0.717) is 30.7 Å². The minimum Gasteiger partial charge on any atom is -0.376 e. The number of hydrogen-bond donors (Lipinski definition) is 1. The minimum atomic E-state index is -0.0996. The van der Waals surface area contributed by atoms with Crippen LogP contribution in [0.2, 0.25) is 0 Å². The van der Waals surface area contributed by atoms with E-state index in [1.807, 2.05) is 13.8 Å². The molecule has 7 nitrogen and oxygen atoms in total. The highest BCUT2D eigenvalue weighted by atomic mass is 32.1. The van der Waals surface area contributed by atoms with Crippen molar-refractivity contribution in [2.45, 2.75) is 20.0 Å². The number of amides is 1. The topological polar surface area (TPSA) is 80.2 Å². The molecule has 2 aliphatic rings. The van der Waals surface area contributed by atoms with Gasteiger partial charge in [-0.3, -0.25) is 4.79 Å². The molecule has 2 fully saturated rings. The first-order chi connectivity index (χ1) is 11.6. The maximum Gasteiger partial charge on any atom is 0.270 e. The third-order valence-electron chi connectivity index (χ3n) is 4.60. The van der Waals surface area contributed by atoms with Crippen LogP contribution in [-0.4, -0.2) is 53.4 Å². The SMILES string of the molecule is Cc1nc(C(=O)NC[C@H]2CO[C@@H]3CN(c4nnc(C)s4)C[C@H]23)cs1. The number of carbonyl (C=O) groups is 1. The molecule has 0 aromatic carbocycles. The lowest BCUT2D eigenvalue weighted by Crippen LogP contribution is -2.34. The Labute approximate surface area is 148 Å². The van der Waals surface area contributed by atoms with Gasteiger partial charge in [-0.1, -0.05) is 11.3 Å². The van der Waals surface area contributed by atoms with Crippen molar-refractivity contribution in [1.82, 2.24) is 20.5 Å². The number of thiazole rings is 1. The van der Waals surface area contributed by atoms with Gasteiger partial charge in [-0.2, -0.15) is 0 Å². The molecule has 3 atom stereocenters. The highest BCUT2D eigenvalue weighted by molar-refractivity contribution is 7.15. The Balaban J connectivity index is 1.35. The summed E-state index contributed by atoms with van der Waals surface area (Å²) >= 11 is 3.11. The average Bonchev–Trinajstić information content (AvgIpc) is 3.29. The fraction of sp³-hybridized carbons (Fsp3) is 0.600. The van der Waals surface area contributed by atoms with E-state index in [1.54, 1.807) is 16.7 Å². The Morgan fingerprint density at radius 1 is 1.38 bits per heavy atom. The molecule has 2 aliphatic heterocycles. The highest BCUT2D eigenvalue weighted by Crippen LogP contribution is 2.36. The molecular weight excluding hydrogens is 346 g/mol. The molecule has 0 bridgehead atoms. The Hall–Kier alpha value is -1.58. The zero-order valence-corrected chi connectivity index (χ0v) is 15.2. The zero-order valence-electron chi connectivity index (χ0n) is 13.6. The van der Waals surface area contributed by atoms with Gasteiger partial charge in [0, 0.05) is 36.9 Å². The maximum atomic E-state index is 12.2. The Morgan fingerprint density at radius 2 is 2.25 bits per heavy atom. The van der Waals surface area contributed by atoms with Gasteiger partial charge in [-0.15, -0.1) is 21.5 Å². The van der Waals surface area contributed by atoms with Crippen LogP contribution >= 0.6 is 22.7 Å². The number of rotatable bonds is 4. The molecule has 0 radical (unpaired) electrons. The number of hydrogen-bond acceptors (Lipinski definition) is 8. The summed E-state index contributed by atoms with van der Waals surface area (Å²) < 4.78 is 5.94. The lowest BCUT2D eigenvalue weighted by molar-refractivity contribution is 0.0935. The summed E-state index contributed by atoms with van der Waals surface area (Å²) in [5.74, 6) is 0.654. The monoisotopic (exact) mass is 365 g/mol. The molecule has 0 saturated carbocycles. The van der Waals surface area contributed by atoms with Crippen LogP contribution in [0.25, 0.3) is 0 Å². The molecule has 0 aliphatic carbocycles. The Kier molecular flexibility index (Phi) is 4.23. The first kappa shape index (κ1) is 15.9. The van der Waals surface area contributed by atoms with Crippen LogP contribution in [0.1, 0.15) is 20.5 Å². The van der Waals surface area contributed by atoms with Gasteiger partial charge in [0.15, 0.2) is 0 Å². The summed E-state index contributed by atoms with van der Waals surface area (Å²) in [5, 5.41) is 16.0. The van der Waals surface area contributed by atoms with Crippen molar-refractivity contribution < 1.29 is 9.53 Å². The molecule has 4 heterocycles. The first-order valence-corrected chi connectivity index (χ1v) is 9.67. The van der Waals surface area contributed by atoms with E-state index in [1.165, 1.54) is 11.3 Å². The summed E-state index contributed by atoms with van der Waals surface area (Å²) in [6.07, 6.45) is 0.220. The molecule has 4 rings (SSSR count). The molecule has 0 spiro atoms. The quantitative estimate of drug-likeness (QED) is 0.884. The number of aromatic nitrogens is 3. The third-order valence-corrected chi connectivity index (χ3v) is 6.27. The first-order valence-electron chi connectivity index (χ1n) is 7.97. The Bertz CT molecular complexity index is 746. The van der Waals surface area contributed by atoms with E-state index in [4.69, 9.17) is 4.74 Å². The smallest absolute Gasteiger partial charge is 0.270 e. The summed E-state index contributed by atoms with van der Waals surface area (Å²) in [6, 6.07) is 0. The number of aryl methyl sites for hydroxylation is 2. The van der Waals surface area contributed by atoms with Crippen molar-refractivity contribution >= 4 is 33.7 Å². The van der Waals surface area contributed by atoms with Crippen molar-refractivity contribution in [1.29, 1.82) is 0 Å². The van der Waals surface area contributed by atoms with Crippen molar-refractivity contribution in [3.63, 3.8) is 0 Å². The number of anilines is 1. The van der Waals surface area contributed by atoms with Gasteiger partial charge in [0.2, 0.25) is 5.13 Å². The second-order valence-electron chi connectivity index (χ2n) is 6.27. The van der Waals surface area contributed by atoms with Crippen LogP contribution in [0.4, 0.5) is 5.13 Å². The van der Waals surface area contributed by atoms with Crippen molar-refractivity contribution in [2.24, 2.45) is 11.8 Å². The van der Waals surface area contributed by atoms with E-state index in [9.17, 15) is 4.79 Å². The number of carbonyl (C=O) groups excluding carboxylic acids is 1. The molecule has 2 aromatic rings. The largest absolute Gasteiger partial charge is 0.376 e. The van der Waals surface area contributed by atoms with Crippen LogP contribution in [0.5, 0.6) is 0 Å².